The Bertz CT molecular complexity index is 980. The summed E-state index contributed by atoms with van der Waals surface area (Å²) in [4.78, 5) is 17.9. The minimum atomic E-state index is -4.76. The van der Waals surface area contributed by atoms with E-state index in [1.165, 1.54) is 24.3 Å². The summed E-state index contributed by atoms with van der Waals surface area (Å²) in [6.45, 7) is 5.22. The third-order valence-corrected chi connectivity index (χ3v) is 4.28. The summed E-state index contributed by atoms with van der Waals surface area (Å²) >= 11 is 0. The van der Waals surface area contributed by atoms with Crippen molar-refractivity contribution in [1.29, 1.82) is 0 Å². The molecule has 1 heterocycles. The number of anilines is 1. The summed E-state index contributed by atoms with van der Waals surface area (Å²) in [5.41, 5.74) is 1.54. The number of nitrogens with zero attached hydrogens (tertiary/aromatic N) is 4. The van der Waals surface area contributed by atoms with Crippen molar-refractivity contribution < 1.29 is 22.7 Å². The Morgan fingerprint density at radius 3 is 2.31 bits per heavy atom. The van der Waals surface area contributed by atoms with Crippen molar-refractivity contribution in [1.82, 2.24) is 14.8 Å². The quantitative estimate of drug-likeness (QED) is 0.543. The highest BCUT2D eigenvalue weighted by Crippen LogP contribution is 2.28. The SMILES string of the molecule is CCN(CC)c1nc(-c2ccccc2C=O)nn1-c1ccc(OC(F)(F)F)cc1. The number of rotatable bonds is 7. The lowest BCUT2D eigenvalue weighted by molar-refractivity contribution is -0.274. The van der Waals surface area contributed by atoms with Crippen molar-refractivity contribution in [2.24, 2.45) is 0 Å². The molecule has 0 atom stereocenters. The number of benzene rings is 2. The fourth-order valence-electron chi connectivity index (χ4n) is 2.89. The lowest BCUT2D eigenvalue weighted by atomic mass is 10.1. The Morgan fingerprint density at radius 1 is 1.07 bits per heavy atom. The average Bonchev–Trinajstić information content (AvgIpc) is 3.13. The van der Waals surface area contributed by atoms with Gasteiger partial charge in [0.15, 0.2) is 12.1 Å². The van der Waals surface area contributed by atoms with Crippen molar-refractivity contribution >= 4 is 12.2 Å². The fourth-order valence-corrected chi connectivity index (χ4v) is 2.89. The molecule has 6 nitrogen and oxygen atoms in total. The van der Waals surface area contributed by atoms with Crippen LogP contribution in [0.4, 0.5) is 19.1 Å². The number of alkyl halides is 3. The van der Waals surface area contributed by atoms with Crippen LogP contribution in [0, 0.1) is 0 Å². The van der Waals surface area contributed by atoms with E-state index in [-0.39, 0.29) is 5.75 Å². The third-order valence-electron chi connectivity index (χ3n) is 4.28. The number of carbonyl (C=O) groups excluding carboxylic acids is 1. The Morgan fingerprint density at radius 2 is 1.72 bits per heavy atom. The minimum Gasteiger partial charge on any atom is -0.406 e. The molecule has 0 spiro atoms. The number of hydrogen-bond donors (Lipinski definition) is 0. The van der Waals surface area contributed by atoms with Gasteiger partial charge >= 0.3 is 6.36 Å². The summed E-state index contributed by atoms with van der Waals surface area (Å²) in [5, 5.41) is 4.52. The molecule has 1 aromatic heterocycles. The Labute approximate surface area is 165 Å². The molecule has 0 saturated heterocycles. The van der Waals surface area contributed by atoms with E-state index >= 15 is 0 Å². The highest BCUT2D eigenvalue weighted by molar-refractivity contribution is 5.85. The zero-order valence-electron chi connectivity index (χ0n) is 15.8. The Balaban J connectivity index is 2.07. The summed E-state index contributed by atoms with van der Waals surface area (Å²) in [5.74, 6) is 0.553. The lowest BCUT2D eigenvalue weighted by Crippen LogP contribution is -2.25. The van der Waals surface area contributed by atoms with Gasteiger partial charge < -0.3 is 9.64 Å². The third kappa shape index (κ3) is 4.56. The molecule has 0 aliphatic carbocycles. The Hall–Kier alpha value is -3.36. The van der Waals surface area contributed by atoms with E-state index in [2.05, 4.69) is 14.8 Å². The van der Waals surface area contributed by atoms with Gasteiger partial charge in [0.1, 0.15) is 5.75 Å². The number of carbonyl (C=O) groups is 1. The zero-order chi connectivity index (χ0) is 21.0. The Kier molecular flexibility index (Phi) is 5.86. The van der Waals surface area contributed by atoms with E-state index in [0.29, 0.717) is 41.7 Å². The zero-order valence-corrected chi connectivity index (χ0v) is 15.8. The molecule has 0 unspecified atom stereocenters. The molecule has 0 N–H and O–H groups in total. The number of ether oxygens (including phenoxy) is 1. The molecule has 2 aromatic carbocycles. The summed E-state index contributed by atoms with van der Waals surface area (Å²) in [7, 11) is 0. The lowest BCUT2D eigenvalue weighted by Gasteiger charge is -2.20. The van der Waals surface area contributed by atoms with Gasteiger partial charge in [0.05, 0.1) is 5.69 Å². The standard InChI is InChI=1S/C20H19F3N4O2/c1-3-26(4-2)19-24-18(17-8-6-5-7-14(17)13-28)25-27(19)15-9-11-16(12-10-15)29-20(21,22)23/h5-13H,3-4H2,1-2H3. The largest absolute Gasteiger partial charge is 0.573 e. The van der Waals surface area contributed by atoms with Gasteiger partial charge in [-0.3, -0.25) is 4.79 Å². The maximum absolute atomic E-state index is 12.4. The second kappa shape index (κ2) is 8.34. The highest BCUT2D eigenvalue weighted by atomic mass is 19.4. The van der Waals surface area contributed by atoms with Crippen LogP contribution < -0.4 is 9.64 Å². The summed E-state index contributed by atoms with van der Waals surface area (Å²) in [6, 6.07) is 12.3. The minimum absolute atomic E-state index is 0.322. The molecule has 0 bridgehead atoms. The maximum Gasteiger partial charge on any atom is 0.573 e. The highest BCUT2D eigenvalue weighted by Gasteiger charge is 2.31. The maximum atomic E-state index is 12.4. The first-order valence-electron chi connectivity index (χ1n) is 8.99. The van der Waals surface area contributed by atoms with E-state index < -0.39 is 6.36 Å². The molecule has 29 heavy (non-hydrogen) atoms. The van der Waals surface area contributed by atoms with Gasteiger partial charge in [-0.15, -0.1) is 18.3 Å². The molecule has 3 rings (SSSR count). The second-order valence-electron chi connectivity index (χ2n) is 6.07. The van der Waals surface area contributed by atoms with Crippen LogP contribution in [0.25, 0.3) is 17.1 Å². The smallest absolute Gasteiger partial charge is 0.406 e. The van der Waals surface area contributed by atoms with Crippen LogP contribution in [0.3, 0.4) is 0 Å². The van der Waals surface area contributed by atoms with Crippen LogP contribution in [0.1, 0.15) is 24.2 Å². The van der Waals surface area contributed by atoms with Gasteiger partial charge in [0, 0.05) is 24.2 Å². The normalized spacial score (nSPS) is 11.3. The van der Waals surface area contributed by atoms with Gasteiger partial charge in [-0.05, 0) is 38.1 Å². The van der Waals surface area contributed by atoms with Crippen LogP contribution in [0.5, 0.6) is 5.75 Å². The molecule has 0 aliphatic heterocycles. The van der Waals surface area contributed by atoms with Crippen molar-refractivity contribution in [3.05, 3.63) is 54.1 Å². The molecular formula is C20H19F3N4O2. The molecule has 3 aromatic rings. The predicted molar refractivity (Wildman–Crippen MR) is 102 cm³/mol. The van der Waals surface area contributed by atoms with Crippen LogP contribution in [0.15, 0.2) is 48.5 Å². The number of halogens is 3. The molecule has 0 aliphatic rings. The monoisotopic (exact) mass is 404 g/mol. The molecule has 9 heteroatoms. The van der Waals surface area contributed by atoms with E-state index in [0.717, 1.165) is 6.29 Å². The van der Waals surface area contributed by atoms with Crippen molar-refractivity contribution in [3.63, 3.8) is 0 Å². The van der Waals surface area contributed by atoms with Crippen LogP contribution in [0.2, 0.25) is 0 Å². The molecule has 0 radical (unpaired) electrons. The first-order chi connectivity index (χ1) is 13.9. The van der Waals surface area contributed by atoms with Crippen molar-refractivity contribution in [2.45, 2.75) is 20.2 Å². The number of aromatic nitrogens is 3. The molecule has 152 valence electrons. The number of aldehydes is 1. The van der Waals surface area contributed by atoms with Crippen molar-refractivity contribution in [2.75, 3.05) is 18.0 Å². The van der Waals surface area contributed by atoms with Gasteiger partial charge in [0.2, 0.25) is 5.95 Å². The molecular weight excluding hydrogens is 385 g/mol. The molecule has 0 saturated carbocycles. The fraction of sp³-hybridized carbons (Fsp3) is 0.250. The van der Waals surface area contributed by atoms with Gasteiger partial charge in [0.25, 0.3) is 0 Å². The van der Waals surface area contributed by atoms with Gasteiger partial charge in [-0.25, -0.2) is 0 Å². The van der Waals surface area contributed by atoms with E-state index in [1.807, 2.05) is 18.7 Å². The van der Waals surface area contributed by atoms with E-state index in [1.54, 1.807) is 28.9 Å². The predicted octanol–water partition coefficient (Wildman–Crippen LogP) is 4.49. The average molecular weight is 404 g/mol. The summed E-state index contributed by atoms with van der Waals surface area (Å²) < 4.78 is 42.7. The first kappa shape index (κ1) is 20.4. The van der Waals surface area contributed by atoms with Gasteiger partial charge in [-0.2, -0.15) is 9.67 Å². The molecule has 0 amide bonds. The van der Waals surface area contributed by atoms with E-state index in [4.69, 9.17) is 0 Å². The van der Waals surface area contributed by atoms with Crippen molar-refractivity contribution in [3.8, 4) is 22.8 Å². The summed E-state index contributed by atoms with van der Waals surface area (Å²) in [6.07, 6.45) is -4.02. The number of hydrogen-bond acceptors (Lipinski definition) is 5. The van der Waals surface area contributed by atoms with E-state index in [9.17, 15) is 18.0 Å². The topological polar surface area (TPSA) is 60.2 Å². The van der Waals surface area contributed by atoms with Crippen LogP contribution >= 0.6 is 0 Å². The van der Waals surface area contributed by atoms with Crippen LogP contribution in [-0.2, 0) is 0 Å². The van der Waals surface area contributed by atoms with Gasteiger partial charge in [-0.1, -0.05) is 24.3 Å². The molecule has 0 fully saturated rings. The first-order valence-corrected chi connectivity index (χ1v) is 8.99. The second-order valence-corrected chi connectivity index (χ2v) is 6.07. The van der Waals surface area contributed by atoms with Crippen LogP contribution in [-0.4, -0.2) is 40.5 Å².